The van der Waals surface area contributed by atoms with Crippen molar-refractivity contribution in [3.8, 4) is 0 Å². The maximum atomic E-state index is 11.2. The summed E-state index contributed by atoms with van der Waals surface area (Å²) in [6.45, 7) is 6.23. The zero-order valence-corrected chi connectivity index (χ0v) is 10.8. The van der Waals surface area contributed by atoms with E-state index in [0.717, 1.165) is 19.3 Å². The van der Waals surface area contributed by atoms with E-state index in [2.05, 4.69) is 43.4 Å². The minimum Gasteiger partial charge on any atom is -0.451 e. The Labute approximate surface area is 94.6 Å². The monoisotopic (exact) mass is 298 g/mol. The Bertz CT molecular complexity index is 146. The molecule has 0 aliphatic rings. The van der Waals surface area contributed by atoms with Gasteiger partial charge in [0.2, 0.25) is 0 Å². The van der Waals surface area contributed by atoms with Crippen molar-refractivity contribution in [2.75, 3.05) is 0 Å². The first-order valence-corrected chi connectivity index (χ1v) is 6.16. The number of ether oxygens (including phenoxy) is 1. The lowest BCUT2D eigenvalue weighted by molar-refractivity contribution is -0.145. The molecule has 0 fully saturated rings. The lowest BCUT2D eigenvalue weighted by Gasteiger charge is -2.14. The minimum absolute atomic E-state index is 0.0201. The lowest BCUT2D eigenvalue weighted by Crippen LogP contribution is -2.16. The molecule has 78 valence electrons. The van der Waals surface area contributed by atoms with Crippen LogP contribution in [-0.2, 0) is 9.53 Å². The van der Waals surface area contributed by atoms with Gasteiger partial charge in [0.1, 0.15) is 0 Å². The van der Waals surface area contributed by atoms with Crippen molar-refractivity contribution in [2.45, 2.75) is 50.6 Å². The Morgan fingerprint density at radius 2 is 2.00 bits per heavy atom. The standard InChI is InChI=1S/C10H19IO2/c1-4-5-6-7-9(12)13-10(11)8(2)3/h8,10H,4-7H2,1-3H3. The van der Waals surface area contributed by atoms with Crippen LogP contribution < -0.4 is 0 Å². The summed E-state index contributed by atoms with van der Waals surface area (Å²) in [6, 6.07) is 0. The van der Waals surface area contributed by atoms with E-state index in [4.69, 9.17) is 4.74 Å². The number of carbonyl (C=O) groups excluding carboxylic acids is 1. The molecule has 0 aliphatic carbocycles. The molecule has 0 spiro atoms. The first-order chi connectivity index (χ1) is 6.07. The summed E-state index contributed by atoms with van der Waals surface area (Å²) in [4.78, 5) is 11.2. The zero-order chi connectivity index (χ0) is 10.3. The van der Waals surface area contributed by atoms with Crippen molar-refractivity contribution >= 4 is 28.6 Å². The minimum atomic E-state index is -0.0541. The summed E-state index contributed by atoms with van der Waals surface area (Å²) in [5.41, 5.74) is 0. The number of esters is 1. The van der Waals surface area contributed by atoms with Gasteiger partial charge in [0.05, 0.1) is 0 Å². The molecule has 0 amide bonds. The molecule has 0 aliphatic heterocycles. The smallest absolute Gasteiger partial charge is 0.306 e. The van der Waals surface area contributed by atoms with Crippen molar-refractivity contribution in [1.82, 2.24) is 0 Å². The van der Waals surface area contributed by atoms with Crippen LogP contribution in [0.2, 0.25) is 0 Å². The summed E-state index contributed by atoms with van der Waals surface area (Å²) in [5, 5.41) is 0. The third kappa shape index (κ3) is 7.28. The van der Waals surface area contributed by atoms with Crippen molar-refractivity contribution in [2.24, 2.45) is 5.92 Å². The van der Waals surface area contributed by atoms with Crippen molar-refractivity contribution < 1.29 is 9.53 Å². The predicted molar refractivity (Wildman–Crippen MR) is 62.9 cm³/mol. The Morgan fingerprint density at radius 3 is 2.46 bits per heavy atom. The van der Waals surface area contributed by atoms with Crippen LogP contribution in [0, 0.1) is 5.92 Å². The summed E-state index contributed by atoms with van der Waals surface area (Å²) in [5.74, 6) is 0.345. The molecule has 0 radical (unpaired) electrons. The van der Waals surface area contributed by atoms with Crippen molar-refractivity contribution in [3.05, 3.63) is 0 Å². The Morgan fingerprint density at radius 1 is 1.38 bits per heavy atom. The third-order valence-electron chi connectivity index (χ3n) is 1.75. The molecule has 0 saturated heterocycles. The van der Waals surface area contributed by atoms with Gasteiger partial charge in [0.15, 0.2) is 4.11 Å². The van der Waals surface area contributed by atoms with Gasteiger partial charge in [-0.25, -0.2) is 0 Å². The van der Waals surface area contributed by atoms with Gasteiger partial charge in [-0.1, -0.05) is 33.6 Å². The molecule has 0 aromatic heterocycles. The van der Waals surface area contributed by atoms with Crippen LogP contribution >= 0.6 is 22.6 Å². The maximum Gasteiger partial charge on any atom is 0.306 e. The number of hydrogen-bond acceptors (Lipinski definition) is 2. The molecule has 0 heterocycles. The lowest BCUT2D eigenvalue weighted by atomic mass is 10.2. The van der Waals surface area contributed by atoms with Gasteiger partial charge in [-0.15, -0.1) is 0 Å². The van der Waals surface area contributed by atoms with Crippen LogP contribution in [0.5, 0.6) is 0 Å². The second-order valence-electron chi connectivity index (χ2n) is 3.54. The molecule has 13 heavy (non-hydrogen) atoms. The second-order valence-corrected chi connectivity index (χ2v) is 4.77. The van der Waals surface area contributed by atoms with E-state index in [1.54, 1.807) is 0 Å². The molecule has 0 bridgehead atoms. The van der Waals surface area contributed by atoms with Crippen LogP contribution in [0.4, 0.5) is 0 Å². The van der Waals surface area contributed by atoms with E-state index in [1.807, 2.05) is 0 Å². The highest BCUT2D eigenvalue weighted by molar-refractivity contribution is 14.1. The number of hydrogen-bond donors (Lipinski definition) is 0. The van der Waals surface area contributed by atoms with Crippen LogP contribution in [0.25, 0.3) is 0 Å². The summed E-state index contributed by atoms with van der Waals surface area (Å²) < 4.78 is 5.23. The fraction of sp³-hybridized carbons (Fsp3) is 0.900. The van der Waals surface area contributed by atoms with Gasteiger partial charge in [-0.2, -0.15) is 0 Å². The van der Waals surface area contributed by atoms with Crippen LogP contribution in [0.15, 0.2) is 0 Å². The van der Waals surface area contributed by atoms with Gasteiger partial charge < -0.3 is 4.74 Å². The normalized spacial score (nSPS) is 13.0. The third-order valence-corrected chi connectivity index (χ3v) is 3.45. The molecular weight excluding hydrogens is 279 g/mol. The first-order valence-electron chi connectivity index (χ1n) is 4.91. The van der Waals surface area contributed by atoms with Gasteiger partial charge in [0, 0.05) is 6.42 Å². The van der Waals surface area contributed by atoms with Crippen LogP contribution in [0.1, 0.15) is 46.5 Å². The fourth-order valence-corrected chi connectivity index (χ4v) is 1.12. The Hall–Kier alpha value is 0.200. The topological polar surface area (TPSA) is 26.3 Å². The van der Waals surface area contributed by atoms with E-state index in [0.29, 0.717) is 12.3 Å². The molecule has 0 rings (SSSR count). The van der Waals surface area contributed by atoms with Crippen molar-refractivity contribution in [1.29, 1.82) is 0 Å². The highest BCUT2D eigenvalue weighted by atomic mass is 127. The van der Waals surface area contributed by atoms with Crippen LogP contribution in [-0.4, -0.2) is 10.1 Å². The number of carbonyl (C=O) groups is 1. The quantitative estimate of drug-likeness (QED) is 0.324. The first kappa shape index (κ1) is 13.2. The summed E-state index contributed by atoms with van der Waals surface area (Å²) >= 11 is 2.16. The number of rotatable bonds is 6. The molecule has 0 N–H and O–H groups in total. The van der Waals surface area contributed by atoms with Gasteiger partial charge in [0.25, 0.3) is 0 Å². The van der Waals surface area contributed by atoms with Crippen LogP contribution in [0.3, 0.4) is 0 Å². The van der Waals surface area contributed by atoms with E-state index in [-0.39, 0.29) is 10.1 Å². The largest absolute Gasteiger partial charge is 0.451 e. The molecule has 3 heteroatoms. The molecule has 1 unspecified atom stereocenters. The van der Waals surface area contributed by atoms with E-state index in [9.17, 15) is 4.79 Å². The molecule has 0 aromatic carbocycles. The van der Waals surface area contributed by atoms with Gasteiger partial charge in [-0.05, 0) is 34.9 Å². The molecule has 1 atom stereocenters. The Balaban J connectivity index is 3.50. The van der Waals surface area contributed by atoms with E-state index >= 15 is 0 Å². The highest BCUT2D eigenvalue weighted by Gasteiger charge is 2.13. The number of halogens is 1. The predicted octanol–water partition coefficient (Wildman–Crippen LogP) is 3.53. The summed E-state index contributed by atoms with van der Waals surface area (Å²) in [7, 11) is 0. The second kappa shape index (κ2) is 7.59. The van der Waals surface area contributed by atoms with Gasteiger partial charge in [-0.3, -0.25) is 4.79 Å². The fourth-order valence-electron chi connectivity index (χ4n) is 0.840. The number of alkyl halides is 1. The molecule has 2 nitrogen and oxygen atoms in total. The van der Waals surface area contributed by atoms with E-state index in [1.165, 1.54) is 0 Å². The van der Waals surface area contributed by atoms with Crippen molar-refractivity contribution in [3.63, 3.8) is 0 Å². The molecule has 0 aromatic rings. The Kier molecular flexibility index (Phi) is 7.71. The summed E-state index contributed by atoms with van der Waals surface area (Å²) in [6.07, 6.45) is 3.78. The van der Waals surface area contributed by atoms with Gasteiger partial charge >= 0.3 is 5.97 Å². The zero-order valence-electron chi connectivity index (χ0n) is 8.68. The average molecular weight is 298 g/mol. The molecular formula is C10H19IO2. The highest BCUT2D eigenvalue weighted by Crippen LogP contribution is 2.15. The molecule has 0 saturated carbocycles. The SMILES string of the molecule is CCCCCC(=O)OC(I)C(C)C. The average Bonchev–Trinajstić information content (AvgIpc) is 2.04. The maximum absolute atomic E-state index is 11.2. The van der Waals surface area contributed by atoms with E-state index < -0.39 is 0 Å². The number of unbranched alkanes of at least 4 members (excludes halogenated alkanes) is 2.